The smallest absolute Gasteiger partial charge is 0.162 e. The first-order valence-corrected chi connectivity index (χ1v) is 8.06. The van der Waals surface area contributed by atoms with E-state index in [1.54, 1.807) is 20.3 Å². The third-order valence-corrected chi connectivity index (χ3v) is 3.96. The number of nitrogens with zero attached hydrogens (tertiary/aromatic N) is 1. The van der Waals surface area contributed by atoms with Crippen molar-refractivity contribution < 1.29 is 9.47 Å². The summed E-state index contributed by atoms with van der Waals surface area (Å²) in [6, 6.07) is 4.05. The summed E-state index contributed by atoms with van der Waals surface area (Å²) < 4.78 is 10.6. The van der Waals surface area contributed by atoms with Gasteiger partial charge in [0.05, 0.1) is 25.6 Å². The third-order valence-electron chi connectivity index (χ3n) is 3.96. The van der Waals surface area contributed by atoms with Gasteiger partial charge < -0.3 is 25.4 Å². The molecule has 0 saturated carbocycles. The molecule has 0 amide bonds. The average Bonchev–Trinajstić information content (AvgIpc) is 2.53. The van der Waals surface area contributed by atoms with Gasteiger partial charge in [0.15, 0.2) is 11.5 Å². The van der Waals surface area contributed by atoms with Crippen LogP contribution in [0.15, 0.2) is 12.1 Å². The van der Waals surface area contributed by atoms with Gasteiger partial charge in [-0.25, -0.2) is 0 Å². The molecular formula is C17H31N3O2. The van der Waals surface area contributed by atoms with Gasteiger partial charge >= 0.3 is 0 Å². The topological polar surface area (TPSA) is 59.8 Å². The normalized spacial score (nSPS) is 12.3. The number of hydrogen-bond acceptors (Lipinski definition) is 5. The summed E-state index contributed by atoms with van der Waals surface area (Å²) in [5, 5.41) is 3.47. The van der Waals surface area contributed by atoms with Gasteiger partial charge in [0.1, 0.15) is 0 Å². The van der Waals surface area contributed by atoms with Crippen LogP contribution in [0.25, 0.3) is 0 Å². The van der Waals surface area contributed by atoms with Gasteiger partial charge in [0.2, 0.25) is 0 Å². The quantitative estimate of drug-likeness (QED) is 0.650. The van der Waals surface area contributed by atoms with Crippen molar-refractivity contribution in [2.24, 2.45) is 0 Å². The van der Waals surface area contributed by atoms with Crippen LogP contribution in [0.3, 0.4) is 0 Å². The minimum absolute atomic E-state index is 0.357. The Kier molecular flexibility index (Phi) is 7.88. The minimum atomic E-state index is 0.357. The molecule has 0 aliphatic rings. The summed E-state index contributed by atoms with van der Waals surface area (Å²) in [7, 11) is 3.24. The Labute approximate surface area is 134 Å². The standard InChI is InChI=1S/C17H31N3O2/c1-6-20(7-2)10-8-9-13(3)19-15-12-17(22-5)16(21-4)11-14(15)18/h11-13,19H,6-10,18H2,1-5H3. The highest BCUT2D eigenvalue weighted by Gasteiger charge is 2.11. The number of rotatable bonds is 10. The Bertz CT molecular complexity index is 448. The molecule has 0 aromatic heterocycles. The SMILES string of the molecule is CCN(CC)CCCC(C)Nc1cc(OC)c(OC)cc1N. The van der Waals surface area contributed by atoms with Crippen molar-refractivity contribution in [2.75, 3.05) is 44.9 Å². The van der Waals surface area contributed by atoms with E-state index in [-0.39, 0.29) is 0 Å². The van der Waals surface area contributed by atoms with Gasteiger partial charge in [-0.05, 0) is 39.4 Å². The summed E-state index contributed by atoms with van der Waals surface area (Å²) in [4.78, 5) is 2.44. The second-order valence-electron chi connectivity index (χ2n) is 5.51. The lowest BCUT2D eigenvalue weighted by atomic mass is 10.1. The van der Waals surface area contributed by atoms with Gasteiger partial charge in [-0.2, -0.15) is 0 Å². The highest BCUT2D eigenvalue weighted by molar-refractivity contribution is 5.72. The zero-order valence-electron chi connectivity index (χ0n) is 14.6. The summed E-state index contributed by atoms with van der Waals surface area (Å²) >= 11 is 0. The maximum atomic E-state index is 6.08. The molecule has 5 heteroatoms. The number of ether oxygens (including phenoxy) is 2. The Morgan fingerprint density at radius 1 is 1.14 bits per heavy atom. The monoisotopic (exact) mass is 309 g/mol. The Balaban J connectivity index is 2.58. The number of nitrogen functional groups attached to an aromatic ring is 1. The first kappa shape index (κ1) is 18.4. The first-order chi connectivity index (χ1) is 10.5. The lowest BCUT2D eigenvalue weighted by Crippen LogP contribution is -2.25. The summed E-state index contributed by atoms with van der Waals surface area (Å²) in [5.74, 6) is 1.34. The molecular weight excluding hydrogens is 278 g/mol. The van der Waals surface area contributed by atoms with Crippen molar-refractivity contribution in [3.05, 3.63) is 12.1 Å². The number of nitrogens with two attached hydrogens (primary N) is 1. The maximum Gasteiger partial charge on any atom is 0.162 e. The predicted octanol–water partition coefficient (Wildman–Crippen LogP) is 3.21. The number of hydrogen-bond donors (Lipinski definition) is 2. The van der Waals surface area contributed by atoms with Gasteiger partial charge in [-0.3, -0.25) is 0 Å². The molecule has 0 heterocycles. The highest BCUT2D eigenvalue weighted by atomic mass is 16.5. The first-order valence-electron chi connectivity index (χ1n) is 8.06. The van der Waals surface area contributed by atoms with Crippen molar-refractivity contribution in [2.45, 2.75) is 39.7 Å². The van der Waals surface area contributed by atoms with E-state index in [2.05, 4.69) is 31.0 Å². The molecule has 0 aliphatic heterocycles. The molecule has 0 radical (unpaired) electrons. The molecule has 0 spiro atoms. The second kappa shape index (κ2) is 9.41. The molecule has 22 heavy (non-hydrogen) atoms. The molecule has 0 saturated heterocycles. The molecule has 0 aliphatic carbocycles. The van der Waals surface area contributed by atoms with E-state index >= 15 is 0 Å². The second-order valence-corrected chi connectivity index (χ2v) is 5.51. The lowest BCUT2D eigenvalue weighted by molar-refractivity contribution is 0.295. The van der Waals surface area contributed by atoms with Crippen LogP contribution in [0.2, 0.25) is 0 Å². The van der Waals surface area contributed by atoms with Gasteiger partial charge in [-0.15, -0.1) is 0 Å². The number of anilines is 2. The predicted molar refractivity (Wildman–Crippen MR) is 94.1 cm³/mol. The van der Waals surface area contributed by atoms with E-state index in [1.807, 2.05) is 6.07 Å². The maximum absolute atomic E-state index is 6.08. The van der Waals surface area contributed by atoms with Gasteiger partial charge in [-0.1, -0.05) is 13.8 Å². The minimum Gasteiger partial charge on any atom is -0.493 e. The fourth-order valence-electron chi connectivity index (χ4n) is 2.52. The van der Waals surface area contributed by atoms with Crippen molar-refractivity contribution >= 4 is 11.4 Å². The zero-order valence-corrected chi connectivity index (χ0v) is 14.6. The highest BCUT2D eigenvalue weighted by Crippen LogP contribution is 2.35. The van der Waals surface area contributed by atoms with Crippen molar-refractivity contribution in [3.8, 4) is 11.5 Å². The molecule has 0 fully saturated rings. The fraction of sp³-hybridized carbons (Fsp3) is 0.647. The van der Waals surface area contributed by atoms with Crippen LogP contribution < -0.4 is 20.5 Å². The van der Waals surface area contributed by atoms with Crippen molar-refractivity contribution in [1.82, 2.24) is 4.90 Å². The Hall–Kier alpha value is -1.62. The van der Waals surface area contributed by atoms with Crippen LogP contribution in [0, 0.1) is 0 Å². The molecule has 0 bridgehead atoms. The van der Waals surface area contributed by atoms with Crippen LogP contribution >= 0.6 is 0 Å². The van der Waals surface area contributed by atoms with Gasteiger partial charge in [0.25, 0.3) is 0 Å². The summed E-state index contributed by atoms with van der Waals surface area (Å²) in [6.45, 7) is 9.95. The molecule has 1 atom stereocenters. The molecule has 1 aromatic rings. The zero-order chi connectivity index (χ0) is 16.5. The van der Waals surface area contributed by atoms with Crippen LogP contribution in [0.4, 0.5) is 11.4 Å². The molecule has 3 N–H and O–H groups in total. The van der Waals surface area contributed by atoms with E-state index in [4.69, 9.17) is 15.2 Å². The largest absolute Gasteiger partial charge is 0.493 e. The number of nitrogens with one attached hydrogen (secondary N) is 1. The fourth-order valence-corrected chi connectivity index (χ4v) is 2.52. The van der Waals surface area contributed by atoms with Gasteiger partial charge in [0, 0.05) is 18.2 Å². The van der Waals surface area contributed by atoms with E-state index in [9.17, 15) is 0 Å². The van der Waals surface area contributed by atoms with Crippen LogP contribution in [0.5, 0.6) is 11.5 Å². The Morgan fingerprint density at radius 3 is 2.27 bits per heavy atom. The summed E-state index contributed by atoms with van der Waals surface area (Å²) in [5.41, 5.74) is 7.65. The van der Waals surface area contributed by atoms with Crippen molar-refractivity contribution in [3.63, 3.8) is 0 Å². The van der Waals surface area contributed by atoms with Crippen LogP contribution in [0.1, 0.15) is 33.6 Å². The number of benzene rings is 1. The Morgan fingerprint density at radius 2 is 1.73 bits per heavy atom. The van der Waals surface area contributed by atoms with E-state index in [0.717, 1.165) is 31.7 Å². The van der Waals surface area contributed by atoms with E-state index in [0.29, 0.717) is 23.2 Å². The lowest BCUT2D eigenvalue weighted by Gasteiger charge is -2.21. The molecule has 1 aromatic carbocycles. The van der Waals surface area contributed by atoms with E-state index in [1.165, 1.54) is 6.42 Å². The molecule has 1 unspecified atom stereocenters. The van der Waals surface area contributed by atoms with E-state index < -0.39 is 0 Å². The number of methoxy groups -OCH3 is 2. The van der Waals surface area contributed by atoms with Crippen molar-refractivity contribution in [1.29, 1.82) is 0 Å². The van der Waals surface area contributed by atoms with Crippen LogP contribution in [-0.2, 0) is 0 Å². The summed E-state index contributed by atoms with van der Waals surface area (Å²) in [6.07, 6.45) is 2.27. The molecule has 126 valence electrons. The third kappa shape index (κ3) is 5.30. The van der Waals surface area contributed by atoms with Crippen LogP contribution in [-0.4, -0.2) is 44.8 Å². The molecule has 1 rings (SSSR count). The average molecular weight is 309 g/mol. The molecule has 5 nitrogen and oxygen atoms in total.